The van der Waals surface area contributed by atoms with Gasteiger partial charge in [0, 0.05) is 49.8 Å². The second-order valence-corrected chi connectivity index (χ2v) is 5.72. The third kappa shape index (κ3) is 5.06. The van der Waals surface area contributed by atoms with Crippen molar-refractivity contribution in [3.8, 4) is 0 Å². The fourth-order valence-electron chi connectivity index (χ4n) is 2.81. The number of nitrogens with two attached hydrogens (primary N) is 1. The Bertz CT molecular complexity index is 720. The number of hydrogen-bond donors (Lipinski definition) is 1. The number of benzene rings is 1. The van der Waals surface area contributed by atoms with Crippen molar-refractivity contribution in [1.82, 2.24) is 19.4 Å². The lowest BCUT2D eigenvalue weighted by Gasteiger charge is -2.34. The second-order valence-electron chi connectivity index (χ2n) is 5.72. The van der Waals surface area contributed by atoms with Gasteiger partial charge in [-0.3, -0.25) is 14.3 Å². The van der Waals surface area contributed by atoms with E-state index in [4.69, 9.17) is 5.73 Å². The summed E-state index contributed by atoms with van der Waals surface area (Å²) in [4.78, 5) is 20.2. The van der Waals surface area contributed by atoms with Crippen molar-refractivity contribution < 1.29 is 13.6 Å². The molecule has 1 amide bonds. The number of carbonyl (C=O) groups is 1. The van der Waals surface area contributed by atoms with E-state index in [0.717, 1.165) is 4.57 Å². The molecule has 1 aromatic heterocycles. The van der Waals surface area contributed by atoms with Gasteiger partial charge in [-0.05, 0) is 18.2 Å². The van der Waals surface area contributed by atoms with E-state index in [1.807, 2.05) is 4.90 Å². The summed E-state index contributed by atoms with van der Waals surface area (Å²) < 4.78 is 26.6. The van der Waals surface area contributed by atoms with Crippen molar-refractivity contribution in [2.75, 3.05) is 31.9 Å². The predicted molar refractivity (Wildman–Crippen MR) is 100 cm³/mol. The molecular formula is C16H21Cl2F2N5O. The van der Waals surface area contributed by atoms with Gasteiger partial charge >= 0.3 is 6.55 Å². The molecule has 1 fully saturated rings. The molecule has 6 nitrogen and oxygen atoms in total. The summed E-state index contributed by atoms with van der Waals surface area (Å²) >= 11 is 0. The normalized spacial score (nSPS) is 14.7. The number of nitrogens with zero attached hydrogens (tertiary/aromatic N) is 4. The Labute approximate surface area is 162 Å². The van der Waals surface area contributed by atoms with E-state index in [-0.39, 0.29) is 30.7 Å². The van der Waals surface area contributed by atoms with Crippen molar-refractivity contribution in [2.45, 2.75) is 13.1 Å². The van der Waals surface area contributed by atoms with Crippen molar-refractivity contribution in [3.63, 3.8) is 0 Å². The molecule has 0 atom stereocenters. The highest BCUT2D eigenvalue weighted by atomic mass is 35.5. The molecule has 3 rings (SSSR count). The van der Waals surface area contributed by atoms with Gasteiger partial charge in [0.2, 0.25) is 0 Å². The van der Waals surface area contributed by atoms with E-state index < -0.39 is 6.55 Å². The van der Waals surface area contributed by atoms with Gasteiger partial charge in [-0.1, -0.05) is 6.07 Å². The third-order valence-electron chi connectivity index (χ3n) is 4.12. The first-order valence-corrected chi connectivity index (χ1v) is 7.71. The number of piperazine rings is 1. The number of hydrogen-bond acceptors (Lipinski definition) is 4. The summed E-state index contributed by atoms with van der Waals surface area (Å²) in [5.41, 5.74) is 6.83. The van der Waals surface area contributed by atoms with Crippen LogP contribution in [0.3, 0.4) is 0 Å². The fourth-order valence-corrected chi connectivity index (χ4v) is 2.81. The van der Waals surface area contributed by atoms with E-state index in [2.05, 4.69) is 4.98 Å². The smallest absolute Gasteiger partial charge is 0.319 e. The van der Waals surface area contributed by atoms with Crippen molar-refractivity contribution in [2.24, 2.45) is 0 Å². The van der Waals surface area contributed by atoms with E-state index in [1.165, 1.54) is 12.4 Å². The van der Waals surface area contributed by atoms with Gasteiger partial charge in [-0.25, -0.2) is 4.98 Å². The number of nitrogen functional groups attached to an aromatic ring is 1. The van der Waals surface area contributed by atoms with Gasteiger partial charge in [0.25, 0.3) is 5.91 Å². The Balaban J connectivity index is 0.00000169. The minimum atomic E-state index is -2.59. The number of halogens is 4. The highest BCUT2D eigenvalue weighted by molar-refractivity contribution is 5.95. The predicted octanol–water partition coefficient (Wildman–Crippen LogP) is 2.66. The summed E-state index contributed by atoms with van der Waals surface area (Å²) in [7, 11) is 0. The fraction of sp³-hybridized carbons (Fsp3) is 0.375. The van der Waals surface area contributed by atoms with Crippen LogP contribution in [0.1, 0.15) is 22.7 Å². The molecule has 2 heterocycles. The van der Waals surface area contributed by atoms with Crippen LogP contribution in [0, 0.1) is 0 Å². The van der Waals surface area contributed by atoms with Crippen molar-refractivity contribution in [3.05, 3.63) is 48.0 Å². The standard InChI is InChI=1S/C16H19F2N5O.2ClH/c17-16(18)23-5-4-20-14(23)11-21-6-8-22(9-7-21)15(24)12-2-1-3-13(19)10-12;;/h1-5,10,16H,6-9,11,19H2;2*1H. The molecule has 26 heavy (non-hydrogen) atoms. The largest absolute Gasteiger partial charge is 0.399 e. The summed E-state index contributed by atoms with van der Waals surface area (Å²) in [6.07, 6.45) is 2.65. The molecule has 1 aliphatic heterocycles. The quantitative estimate of drug-likeness (QED) is 0.791. The number of imidazole rings is 1. The molecule has 2 N–H and O–H groups in total. The highest BCUT2D eigenvalue weighted by Gasteiger charge is 2.23. The molecule has 2 aromatic rings. The van der Waals surface area contributed by atoms with Crippen LogP contribution in [-0.2, 0) is 6.54 Å². The topological polar surface area (TPSA) is 67.4 Å². The Morgan fingerprint density at radius 1 is 1.19 bits per heavy atom. The molecule has 144 valence electrons. The maximum absolute atomic E-state index is 12.8. The lowest BCUT2D eigenvalue weighted by atomic mass is 10.1. The molecule has 1 aliphatic rings. The molecule has 0 unspecified atom stereocenters. The van der Waals surface area contributed by atoms with Crippen molar-refractivity contribution >= 4 is 36.4 Å². The lowest BCUT2D eigenvalue weighted by molar-refractivity contribution is 0.0555. The van der Waals surface area contributed by atoms with Crippen LogP contribution in [0.5, 0.6) is 0 Å². The minimum Gasteiger partial charge on any atom is -0.399 e. The van der Waals surface area contributed by atoms with Gasteiger partial charge < -0.3 is 10.6 Å². The van der Waals surface area contributed by atoms with Crippen LogP contribution in [0.25, 0.3) is 0 Å². The summed E-state index contributed by atoms with van der Waals surface area (Å²) in [6, 6.07) is 6.89. The first-order valence-electron chi connectivity index (χ1n) is 7.71. The maximum atomic E-state index is 12.8. The zero-order chi connectivity index (χ0) is 17.1. The molecule has 1 aromatic carbocycles. The first kappa shape index (κ1) is 22.1. The molecule has 1 saturated heterocycles. The van der Waals surface area contributed by atoms with Gasteiger partial charge in [0.15, 0.2) is 0 Å². The SMILES string of the molecule is Cl.Cl.Nc1cccc(C(=O)N2CCN(Cc3nccn3C(F)F)CC2)c1. The highest BCUT2D eigenvalue weighted by Crippen LogP contribution is 2.16. The van der Waals surface area contributed by atoms with E-state index in [1.54, 1.807) is 29.2 Å². The molecule has 0 saturated carbocycles. The van der Waals surface area contributed by atoms with E-state index in [9.17, 15) is 13.6 Å². The zero-order valence-corrected chi connectivity index (χ0v) is 15.6. The van der Waals surface area contributed by atoms with Crippen molar-refractivity contribution in [1.29, 1.82) is 0 Å². The number of amides is 1. The summed E-state index contributed by atoms with van der Waals surface area (Å²) in [5, 5.41) is 0. The van der Waals surface area contributed by atoms with Gasteiger partial charge in [-0.15, -0.1) is 24.8 Å². The molecule has 0 spiro atoms. The summed E-state index contributed by atoms with van der Waals surface area (Å²) in [5.74, 6) is 0.275. The Morgan fingerprint density at radius 2 is 1.88 bits per heavy atom. The second kappa shape index (κ2) is 9.70. The Kier molecular flexibility index (Phi) is 8.26. The van der Waals surface area contributed by atoms with Crippen LogP contribution >= 0.6 is 24.8 Å². The molecule has 0 bridgehead atoms. The Hall–Kier alpha value is -1.90. The molecule has 0 aliphatic carbocycles. The van der Waals surface area contributed by atoms with Crippen LogP contribution < -0.4 is 5.73 Å². The zero-order valence-electron chi connectivity index (χ0n) is 13.9. The van der Waals surface area contributed by atoms with Gasteiger partial charge in [0.1, 0.15) is 5.82 Å². The van der Waals surface area contributed by atoms with Crippen LogP contribution in [0.4, 0.5) is 14.5 Å². The lowest BCUT2D eigenvalue weighted by Crippen LogP contribution is -2.48. The monoisotopic (exact) mass is 407 g/mol. The molecule has 0 radical (unpaired) electrons. The first-order chi connectivity index (χ1) is 11.5. The number of anilines is 1. The number of carbonyl (C=O) groups excluding carboxylic acids is 1. The number of alkyl halides is 2. The van der Waals surface area contributed by atoms with E-state index in [0.29, 0.717) is 49.8 Å². The van der Waals surface area contributed by atoms with E-state index >= 15 is 0 Å². The third-order valence-corrected chi connectivity index (χ3v) is 4.12. The van der Waals surface area contributed by atoms with Crippen LogP contribution in [-0.4, -0.2) is 51.4 Å². The average molecular weight is 408 g/mol. The Morgan fingerprint density at radius 3 is 2.50 bits per heavy atom. The van der Waals surface area contributed by atoms with Gasteiger partial charge in [0.05, 0.1) is 6.54 Å². The van der Waals surface area contributed by atoms with Crippen LogP contribution in [0.2, 0.25) is 0 Å². The van der Waals surface area contributed by atoms with Gasteiger partial charge in [-0.2, -0.15) is 8.78 Å². The molecular weight excluding hydrogens is 387 g/mol. The maximum Gasteiger partial charge on any atom is 0.319 e. The molecule has 10 heteroatoms. The number of rotatable bonds is 4. The van der Waals surface area contributed by atoms with Crippen LogP contribution in [0.15, 0.2) is 36.7 Å². The summed E-state index contributed by atoms with van der Waals surface area (Å²) in [6.45, 7) is 0.0757. The number of aromatic nitrogens is 2. The average Bonchev–Trinajstić information content (AvgIpc) is 3.03. The minimum absolute atomic E-state index is 0.